The number of aromatic nitrogens is 2. The largest absolute Gasteiger partial charge is 0.390 e. The van der Waals surface area contributed by atoms with Crippen molar-refractivity contribution in [3.8, 4) is 0 Å². The van der Waals surface area contributed by atoms with Crippen molar-refractivity contribution in [3.63, 3.8) is 0 Å². The molecule has 4 rings (SSSR count). The highest BCUT2D eigenvalue weighted by Crippen LogP contribution is 2.28. The van der Waals surface area contributed by atoms with Gasteiger partial charge in [-0.2, -0.15) is 5.10 Å². The maximum atomic E-state index is 10.6. The number of aliphatic hydroxyl groups is 1. The van der Waals surface area contributed by atoms with Crippen molar-refractivity contribution in [2.24, 2.45) is 7.05 Å². The third kappa shape index (κ3) is 3.41. The number of β-amino-alcohol motifs (C(OH)–C–C–N with tert-alkyl or cyclic N) is 1. The molecule has 1 aromatic carbocycles. The predicted molar refractivity (Wildman–Crippen MR) is 97.8 cm³/mol. The summed E-state index contributed by atoms with van der Waals surface area (Å²) in [6.45, 7) is 5.69. The lowest BCUT2D eigenvalue weighted by Gasteiger charge is -2.28. The minimum Gasteiger partial charge on any atom is -0.390 e. The summed E-state index contributed by atoms with van der Waals surface area (Å²) in [4.78, 5) is 4.66. The van der Waals surface area contributed by atoms with Gasteiger partial charge in [-0.05, 0) is 18.6 Å². The van der Waals surface area contributed by atoms with Gasteiger partial charge in [0.25, 0.3) is 0 Å². The maximum Gasteiger partial charge on any atom is 0.0858 e. The van der Waals surface area contributed by atoms with Crippen LogP contribution in [0.1, 0.15) is 12.1 Å². The van der Waals surface area contributed by atoms with Crippen LogP contribution in [0, 0.1) is 0 Å². The van der Waals surface area contributed by atoms with Crippen LogP contribution in [0.25, 0.3) is 10.9 Å². The highest BCUT2D eigenvalue weighted by molar-refractivity contribution is 6.35. The minimum absolute atomic E-state index is 0.173. The molecule has 0 aliphatic carbocycles. The summed E-state index contributed by atoms with van der Waals surface area (Å²) in [6, 6.07) is 6.07. The predicted octanol–water partition coefficient (Wildman–Crippen LogP) is 1.49. The van der Waals surface area contributed by atoms with Gasteiger partial charge in [-0.25, -0.2) is 0 Å². The van der Waals surface area contributed by atoms with E-state index >= 15 is 0 Å². The lowest BCUT2D eigenvalue weighted by molar-refractivity contribution is 0.0771. The van der Waals surface area contributed by atoms with Crippen molar-refractivity contribution in [3.05, 3.63) is 28.9 Å². The molecule has 2 saturated heterocycles. The summed E-state index contributed by atoms with van der Waals surface area (Å²) >= 11 is 6.41. The van der Waals surface area contributed by atoms with E-state index in [1.54, 1.807) is 0 Å². The number of aliphatic hydroxyl groups excluding tert-OH is 1. The molecular formula is C18H25ClN4O2. The number of hydrogen-bond donors (Lipinski definition) is 1. The zero-order valence-electron chi connectivity index (χ0n) is 14.6. The van der Waals surface area contributed by atoms with Crippen LogP contribution < -0.4 is 0 Å². The van der Waals surface area contributed by atoms with Crippen molar-refractivity contribution in [2.45, 2.75) is 25.1 Å². The summed E-state index contributed by atoms with van der Waals surface area (Å²) in [6.07, 6.45) is 0.701. The van der Waals surface area contributed by atoms with E-state index in [9.17, 15) is 5.11 Å². The number of aryl methyl sites for hydroxylation is 1. The van der Waals surface area contributed by atoms with Crippen LogP contribution >= 0.6 is 11.6 Å². The second-order valence-corrected chi connectivity index (χ2v) is 7.44. The summed E-state index contributed by atoms with van der Waals surface area (Å²) < 4.78 is 7.42. The lowest BCUT2D eigenvalue weighted by Crippen LogP contribution is -2.44. The van der Waals surface area contributed by atoms with Gasteiger partial charge in [0.1, 0.15) is 0 Å². The Morgan fingerprint density at radius 3 is 3.04 bits per heavy atom. The van der Waals surface area contributed by atoms with E-state index in [0.717, 1.165) is 60.9 Å². The molecular weight excluding hydrogens is 340 g/mol. The number of hydrogen-bond acceptors (Lipinski definition) is 5. The molecule has 0 bridgehead atoms. The smallest absolute Gasteiger partial charge is 0.0858 e. The Morgan fingerprint density at radius 1 is 1.28 bits per heavy atom. The van der Waals surface area contributed by atoms with Crippen molar-refractivity contribution in [1.82, 2.24) is 19.6 Å². The molecule has 6 nitrogen and oxygen atoms in total. The van der Waals surface area contributed by atoms with E-state index < -0.39 is 0 Å². The standard InChI is InChI=1S/C18H25ClN4O2/c1-21-15-5-2-4-13(19)18(15)14(20-21)10-22-11-16(17(24)12-22)23-6-3-8-25-9-7-23/h2,4-5,16-17,24H,3,6-12H2,1H3/t16-,17-/m0/s1. The molecule has 2 aliphatic rings. The Labute approximate surface area is 152 Å². The molecule has 0 amide bonds. The fraction of sp³-hybridized carbons (Fsp3) is 0.611. The molecule has 0 spiro atoms. The normalized spacial score (nSPS) is 26.4. The minimum atomic E-state index is -0.330. The van der Waals surface area contributed by atoms with Crippen LogP contribution in [-0.4, -0.2) is 76.2 Å². The third-order valence-electron chi connectivity index (χ3n) is 5.33. The molecule has 136 valence electrons. The van der Waals surface area contributed by atoms with Gasteiger partial charge < -0.3 is 9.84 Å². The molecule has 2 aromatic rings. The average molecular weight is 365 g/mol. The molecule has 1 N–H and O–H groups in total. The fourth-order valence-corrected chi connectivity index (χ4v) is 4.39. The second kappa shape index (κ2) is 7.21. The Bertz CT molecular complexity index is 742. The first-order valence-electron chi connectivity index (χ1n) is 8.96. The highest BCUT2D eigenvalue weighted by Gasteiger charge is 2.36. The van der Waals surface area contributed by atoms with E-state index in [1.807, 2.05) is 29.9 Å². The van der Waals surface area contributed by atoms with Crippen molar-refractivity contribution < 1.29 is 9.84 Å². The number of benzene rings is 1. The first-order chi connectivity index (χ1) is 12.1. The molecule has 25 heavy (non-hydrogen) atoms. The zero-order valence-corrected chi connectivity index (χ0v) is 15.3. The van der Waals surface area contributed by atoms with Gasteiger partial charge >= 0.3 is 0 Å². The molecule has 2 atom stereocenters. The van der Waals surface area contributed by atoms with E-state index in [0.29, 0.717) is 13.1 Å². The molecule has 2 aliphatic heterocycles. The quantitative estimate of drug-likeness (QED) is 0.894. The summed E-state index contributed by atoms with van der Waals surface area (Å²) in [5, 5.41) is 17.0. The molecule has 2 fully saturated rings. The Morgan fingerprint density at radius 2 is 2.16 bits per heavy atom. The van der Waals surface area contributed by atoms with E-state index in [4.69, 9.17) is 16.3 Å². The maximum absolute atomic E-state index is 10.6. The number of rotatable bonds is 3. The second-order valence-electron chi connectivity index (χ2n) is 7.03. The van der Waals surface area contributed by atoms with Crippen LogP contribution in [0.2, 0.25) is 5.02 Å². The number of ether oxygens (including phenoxy) is 1. The Hall–Kier alpha value is -1.18. The zero-order chi connectivity index (χ0) is 17.4. The van der Waals surface area contributed by atoms with Crippen molar-refractivity contribution in [2.75, 3.05) is 39.4 Å². The molecule has 1 aromatic heterocycles. The summed E-state index contributed by atoms with van der Waals surface area (Å²) in [7, 11) is 1.95. The van der Waals surface area contributed by atoms with E-state index in [1.165, 1.54) is 0 Å². The molecule has 7 heteroatoms. The van der Waals surface area contributed by atoms with Crippen LogP contribution in [0.4, 0.5) is 0 Å². The van der Waals surface area contributed by atoms with Crippen molar-refractivity contribution in [1.29, 1.82) is 0 Å². The van der Waals surface area contributed by atoms with Gasteiger partial charge in [0.2, 0.25) is 0 Å². The average Bonchev–Trinajstić information content (AvgIpc) is 2.97. The lowest BCUT2D eigenvalue weighted by atomic mass is 10.1. The van der Waals surface area contributed by atoms with Gasteiger partial charge in [-0.15, -0.1) is 0 Å². The summed E-state index contributed by atoms with van der Waals surface area (Å²) in [5.41, 5.74) is 2.03. The Balaban J connectivity index is 1.51. The molecule has 0 saturated carbocycles. The third-order valence-corrected chi connectivity index (χ3v) is 5.65. The van der Waals surface area contributed by atoms with Crippen LogP contribution in [0.15, 0.2) is 18.2 Å². The van der Waals surface area contributed by atoms with Crippen LogP contribution in [0.5, 0.6) is 0 Å². The van der Waals surface area contributed by atoms with E-state index in [-0.39, 0.29) is 12.1 Å². The first-order valence-corrected chi connectivity index (χ1v) is 9.33. The monoisotopic (exact) mass is 364 g/mol. The summed E-state index contributed by atoms with van der Waals surface area (Å²) in [5.74, 6) is 0. The first kappa shape index (κ1) is 17.2. The van der Waals surface area contributed by atoms with Gasteiger partial charge in [0.15, 0.2) is 0 Å². The fourth-order valence-electron chi connectivity index (χ4n) is 4.11. The van der Waals surface area contributed by atoms with Crippen LogP contribution in [0.3, 0.4) is 0 Å². The Kier molecular flexibility index (Phi) is 4.97. The van der Waals surface area contributed by atoms with Gasteiger partial charge in [-0.1, -0.05) is 17.7 Å². The van der Waals surface area contributed by atoms with Gasteiger partial charge in [-0.3, -0.25) is 14.5 Å². The molecule has 0 unspecified atom stereocenters. The number of likely N-dealkylation sites (tertiary alicyclic amines) is 1. The number of nitrogens with zero attached hydrogens (tertiary/aromatic N) is 4. The van der Waals surface area contributed by atoms with Gasteiger partial charge in [0, 0.05) is 57.8 Å². The number of halogens is 1. The highest BCUT2D eigenvalue weighted by atomic mass is 35.5. The van der Waals surface area contributed by atoms with E-state index in [2.05, 4.69) is 14.9 Å². The topological polar surface area (TPSA) is 53.8 Å². The number of fused-ring (bicyclic) bond motifs is 1. The van der Waals surface area contributed by atoms with Gasteiger partial charge in [0.05, 0.1) is 28.9 Å². The van der Waals surface area contributed by atoms with Crippen LogP contribution in [-0.2, 0) is 18.3 Å². The molecule has 0 radical (unpaired) electrons. The SMILES string of the molecule is Cn1nc(CN2C[C@H](O)[C@@H](N3CCCOCC3)C2)c2c(Cl)cccc21. The molecule has 3 heterocycles. The van der Waals surface area contributed by atoms with Crippen molar-refractivity contribution >= 4 is 22.5 Å².